The van der Waals surface area contributed by atoms with E-state index in [0.717, 1.165) is 0 Å². The number of ether oxygens (including phenoxy) is 2. The topological polar surface area (TPSA) is 52.6 Å². The summed E-state index contributed by atoms with van der Waals surface area (Å²) in [5.41, 5.74) is 0. The molecule has 4 heteroatoms. The lowest BCUT2D eigenvalue weighted by Gasteiger charge is -2.10. The van der Waals surface area contributed by atoms with Crippen LogP contribution in [0.1, 0.15) is 27.2 Å². The average Bonchev–Trinajstić information content (AvgIpc) is 2.00. The van der Waals surface area contributed by atoms with Crippen molar-refractivity contribution in [3.63, 3.8) is 0 Å². The average molecular weight is 188 g/mol. The van der Waals surface area contributed by atoms with Gasteiger partial charge >= 0.3 is 11.9 Å². The molecule has 0 N–H and O–H groups in total. The standard InChI is InChI=1S/C9H16O4/c1-7(6-13-9(3)11)4-5-12-8(2)10/h7H,4-6H2,1-3H3/t7-/m0/s1. The molecule has 0 saturated carbocycles. The van der Waals surface area contributed by atoms with Gasteiger partial charge in [-0.15, -0.1) is 0 Å². The Hall–Kier alpha value is -1.06. The van der Waals surface area contributed by atoms with Crippen LogP contribution in [0.2, 0.25) is 0 Å². The van der Waals surface area contributed by atoms with Gasteiger partial charge in [0.25, 0.3) is 0 Å². The molecule has 0 aliphatic carbocycles. The number of hydrogen-bond donors (Lipinski definition) is 0. The number of carbonyl (C=O) groups excluding carboxylic acids is 2. The molecule has 0 unspecified atom stereocenters. The Morgan fingerprint density at radius 2 is 1.69 bits per heavy atom. The van der Waals surface area contributed by atoms with Crippen molar-refractivity contribution in [2.24, 2.45) is 5.92 Å². The van der Waals surface area contributed by atoms with Crippen LogP contribution >= 0.6 is 0 Å². The van der Waals surface area contributed by atoms with Gasteiger partial charge in [0.2, 0.25) is 0 Å². The maximum atomic E-state index is 10.4. The van der Waals surface area contributed by atoms with Gasteiger partial charge in [-0.3, -0.25) is 9.59 Å². The van der Waals surface area contributed by atoms with Crippen molar-refractivity contribution in [3.8, 4) is 0 Å². The zero-order valence-corrected chi connectivity index (χ0v) is 8.33. The highest BCUT2D eigenvalue weighted by atomic mass is 16.5. The molecular formula is C9H16O4. The van der Waals surface area contributed by atoms with Gasteiger partial charge in [0, 0.05) is 13.8 Å². The lowest BCUT2D eigenvalue weighted by atomic mass is 10.1. The highest BCUT2D eigenvalue weighted by Crippen LogP contribution is 2.02. The van der Waals surface area contributed by atoms with Gasteiger partial charge in [-0.1, -0.05) is 6.92 Å². The van der Waals surface area contributed by atoms with Gasteiger partial charge in [0.15, 0.2) is 0 Å². The normalized spacial score (nSPS) is 11.9. The van der Waals surface area contributed by atoms with E-state index in [1.165, 1.54) is 13.8 Å². The second-order valence-corrected chi connectivity index (χ2v) is 3.04. The van der Waals surface area contributed by atoms with Crippen molar-refractivity contribution in [1.82, 2.24) is 0 Å². The Labute approximate surface area is 78.2 Å². The molecule has 0 aromatic carbocycles. The lowest BCUT2D eigenvalue weighted by Crippen LogP contribution is -2.12. The van der Waals surface area contributed by atoms with Crippen LogP contribution in [0.4, 0.5) is 0 Å². The quantitative estimate of drug-likeness (QED) is 0.607. The minimum atomic E-state index is -0.278. The molecule has 1 atom stereocenters. The summed E-state index contributed by atoms with van der Waals surface area (Å²) in [4.78, 5) is 20.8. The summed E-state index contributed by atoms with van der Waals surface area (Å²) in [6, 6.07) is 0. The Bertz CT molecular complexity index is 176. The van der Waals surface area contributed by atoms with E-state index in [1.807, 2.05) is 6.92 Å². The van der Waals surface area contributed by atoms with E-state index in [4.69, 9.17) is 9.47 Å². The van der Waals surface area contributed by atoms with Gasteiger partial charge in [-0.2, -0.15) is 0 Å². The van der Waals surface area contributed by atoms with Crippen LogP contribution in [-0.2, 0) is 19.1 Å². The number of carbonyl (C=O) groups is 2. The molecule has 4 nitrogen and oxygen atoms in total. The van der Waals surface area contributed by atoms with Gasteiger partial charge in [0.05, 0.1) is 13.2 Å². The smallest absolute Gasteiger partial charge is 0.302 e. The first-order valence-electron chi connectivity index (χ1n) is 4.29. The second-order valence-electron chi connectivity index (χ2n) is 3.04. The number of hydrogen-bond acceptors (Lipinski definition) is 4. The first-order valence-corrected chi connectivity index (χ1v) is 4.29. The molecule has 0 spiro atoms. The summed E-state index contributed by atoms with van der Waals surface area (Å²) in [5, 5.41) is 0. The third kappa shape index (κ3) is 8.85. The lowest BCUT2D eigenvalue weighted by molar-refractivity contribution is -0.144. The first kappa shape index (κ1) is 11.9. The van der Waals surface area contributed by atoms with Crippen molar-refractivity contribution < 1.29 is 19.1 Å². The van der Waals surface area contributed by atoms with E-state index in [1.54, 1.807) is 0 Å². The minimum Gasteiger partial charge on any atom is -0.466 e. The zero-order chi connectivity index (χ0) is 10.3. The molecule has 0 radical (unpaired) electrons. The maximum Gasteiger partial charge on any atom is 0.302 e. The molecule has 0 fully saturated rings. The predicted octanol–water partition coefficient (Wildman–Crippen LogP) is 1.14. The molecule has 0 bridgehead atoms. The van der Waals surface area contributed by atoms with Crippen LogP contribution in [0.3, 0.4) is 0 Å². The fraction of sp³-hybridized carbons (Fsp3) is 0.778. The minimum absolute atomic E-state index is 0.225. The highest BCUT2D eigenvalue weighted by molar-refractivity contribution is 5.66. The van der Waals surface area contributed by atoms with Crippen LogP contribution < -0.4 is 0 Å². The zero-order valence-electron chi connectivity index (χ0n) is 8.33. The summed E-state index contributed by atoms with van der Waals surface area (Å²) in [7, 11) is 0. The van der Waals surface area contributed by atoms with Crippen LogP contribution in [0.25, 0.3) is 0 Å². The van der Waals surface area contributed by atoms with Crippen LogP contribution in [0.15, 0.2) is 0 Å². The van der Waals surface area contributed by atoms with E-state index in [2.05, 4.69) is 0 Å². The molecule has 0 aromatic heterocycles. The van der Waals surface area contributed by atoms with E-state index >= 15 is 0 Å². The fourth-order valence-corrected chi connectivity index (χ4v) is 0.747. The summed E-state index contributed by atoms with van der Waals surface area (Å²) < 4.78 is 9.52. The molecule has 76 valence electrons. The monoisotopic (exact) mass is 188 g/mol. The van der Waals surface area contributed by atoms with Crippen molar-refractivity contribution in [2.75, 3.05) is 13.2 Å². The van der Waals surface area contributed by atoms with Crippen LogP contribution in [-0.4, -0.2) is 25.2 Å². The van der Waals surface area contributed by atoms with Gasteiger partial charge < -0.3 is 9.47 Å². The summed E-state index contributed by atoms with van der Waals surface area (Å²) >= 11 is 0. The highest BCUT2D eigenvalue weighted by Gasteiger charge is 2.04. The Morgan fingerprint density at radius 1 is 1.15 bits per heavy atom. The molecule has 0 saturated heterocycles. The van der Waals surface area contributed by atoms with Gasteiger partial charge in [0.1, 0.15) is 0 Å². The third-order valence-electron chi connectivity index (χ3n) is 1.49. The Kier molecular flexibility index (Phi) is 5.93. The van der Waals surface area contributed by atoms with Gasteiger partial charge in [-0.05, 0) is 12.3 Å². The molecule has 0 rings (SSSR count). The second kappa shape index (κ2) is 6.46. The number of esters is 2. The van der Waals surface area contributed by atoms with E-state index in [9.17, 15) is 9.59 Å². The molecular weight excluding hydrogens is 172 g/mol. The molecule has 0 amide bonds. The Morgan fingerprint density at radius 3 is 2.15 bits per heavy atom. The Balaban J connectivity index is 3.35. The largest absolute Gasteiger partial charge is 0.466 e. The third-order valence-corrected chi connectivity index (χ3v) is 1.49. The maximum absolute atomic E-state index is 10.4. The molecule has 13 heavy (non-hydrogen) atoms. The van der Waals surface area contributed by atoms with Crippen LogP contribution in [0, 0.1) is 5.92 Å². The van der Waals surface area contributed by atoms with Crippen molar-refractivity contribution in [3.05, 3.63) is 0 Å². The predicted molar refractivity (Wildman–Crippen MR) is 47.0 cm³/mol. The molecule has 0 heterocycles. The molecule has 0 aliphatic rings. The summed E-state index contributed by atoms with van der Waals surface area (Å²) in [5.74, 6) is -0.331. The molecule has 0 aromatic rings. The van der Waals surface area contributed by atoms with Gasteiger partial charge in [-0.25, -0.2) is 0 Å². The summed E-state index contributed by atoms with van der Waals surface area (Å²) in [6.07, 6.45) is 0.715. The first-order chi connectivity index (χ1) is 6.02. The fourth-order valence-electron chi connectivity index (χ4n) is 0.747. The van der Waals surface area contributed by atoms with Crippen molar-refractivity contribution in [1.29, 1.82) is 0 Å². The van der Waals surface area contributed by atoms with E-state index < -0.39 is 0 Å². The summed E-state index contributed by atoms with van der Waals surface area (Å²) in [6.45, 7) is 5.45. The van der Waals surface area contributed by atoms with E-state index in [-0.39, 0.29) is 17.9 Å². The number of rotatable bonds is 5. The van der Waals surface area contributed by atoms with E-state index in [0.29, 0.717) is 19.6 Å². The molecule has 0 aliphatic heterocycles. The van der Waals surface area contributed by atoms with Crippen molar-refractivity contribution >= 4 is 11.9 Å². The van der Waals surface area contributed by atoms with Crippen molar-refractivity contribution in [2.45, 2.75) is 27.2 Å². The SMILES string of the molecule is CC(=O)OCC[C@H](C)COC(C)=O. The van der Waals surface area contributed by atoms with Crippen LogP contribution in [0.5, 0.6) is 0 Å².